The molecule has 4 rings (SSSR count). The van der Waals surface area contributed by atoms with Crippen molar-refractivity contribution < 1.29 is 17.6 Å². The Hall–Kier alpha value is -3.04. The molecule has 1 saturated carbocycles. The normalized spacial score (nSPS) is 15.6. The first-order chi connectivity index (χ1) is 13.2. The van der Waals surface area contributed by atoms with E-state index in [1.807, 2.05) is 0 Å². The Balaban J connectivity index is 1.72. The summed E-state index contributed by atoms with van der Waals surface area (Å²) < 4.78 is 54.4. The third kappa shape index (κ3) is 3.54. The van der Waals surface area contributed by atoms with Crippen molar-refractivity contribution in [3.8, 4) is 11.4 Å². The van der Waals surface area contributed by atoms with E-state index in [9.17, 15) is 22.4 Å². The summed E-state index contributed by atoms with van der Waals surface area (Å²) in [6, 6.07) is 3.22. The smallest absolute Gasteiger partial charge is 0.311 e. The Labute approximate surface area is 156 Å². The van der Waals surface area contributed by atoms with Crippen LogP contribution in [-0.4, -0.2) is 25.0 Å². The number of benzene rings is 1. The number of hydrogen-bond acceptors (Lipinski definition) is 4. The lowest BCUT2D eigenvalue weighted by atomic mass is 10.00. The average molecular weight is 393 g/mol. The van der Waals surface area contributed by atoms with Gasteiger partial charge in [0.05, 0.1) is 23.5 Å². The number of alkyl halides is 3. The molecular formula is C18H15F4N5O. The molecule has 1 aromatic carbocycles. The summed E-state index contributed by atoms with van der Waals surface area (Å²) in [6.45, 7) is 1.62. The zero-order chi connectivity index (χ0) is 20.1. The standard InChI is InChI=1S/C18H15F4N5O/c1-9-23-14(7-16(28)24-9)15-8-27(26-25-15)17(10-2-3-10)12-5-4-11(6-13(12)19)18(20,21)22/h4-8,10,17H,2-3H2,1H3,(H,23,24,28)/t17-/m1/s1. The molecule has 0 unspecified atom stereocenters. The van der Waals surface area contributed by atoms with Crippen LogP contribution >= 0.6 is 0 Å². The summed E-state index contributed by atoms with van der Waals surface area (Å²) in [4.78, 5) is 18.4. The van der Waals surface area contributed by atoms with E-state index in [0.717, 1.165) is 25.0 Å². The van der Waals surface area contributed by atoms with Gasteiger partial charge in [0.1, 0.15) is 17.3 Å². The number of halogens is 4. The minimum Gasteiger partial charge on any atom is -0.311 e. The van der Waals surface area contributed by atoms with Crippen LogP contribution in [0.5, 0.6) is 0 Å². The van der Waals surface area contributed by atoms with Gasteiger partial charge >= 0.3 is 6.18 Å². The van der Waals surface area contributed by atoms with E-state index in [1.54, 1.807) is 6.92 Å². The predicted octanol–water partition coefficient (Wildman–Crippen LogP) is 3.49. The maximum atomic E-state index is 14.5. The summed E-state index contributed by atoms with van der Waals surface area (Å²) in [7, 11) is 0. The monoisotopic (exact) mass is 393 g/mol. The fourth-order valence-electron chi connectivity index (χ4n) is 3.21. The molecule has 1 aliphatic rings. The second-order valence-corrected chi connectivity index (χ2v) is 6.82. The summed E-state index contributed by atoms with van der Waals surface area (Å²) >= 11 is 0. The van der Waals surface area contributed by atoms with E-state index in [4.69, 9.17) is 0 Å². The van der Waals surface area contributed by atoms with Crippen molar-refractivity contribution in [2.45, 2.75) is 32.0 Å². The SMILES string of the molecule is Cc1nc(-c2cn([C@@H](c3ccc(C(F)(F)F)cc3F)C3CC3)nn2)cc(=O)[nH]1. The summed E-state index contributed by atoms with van der Waals surface area (Å²) in [6.07, 6.45) is -1.47. The topological polar surface area (TPSA) is 76.5 Å². The number of aromatic amines is 1. The highest BCUT2D eigenvalue weighted by Crippen LogP contribution is 2.44. The van der Waals surface area contributed by atoms with Crippen molar-refractivity contribution in [3.05, 3.63) is 63.6 Å². The van der Waals surface area contributed by atoms with Crippen molar-refractivity contribution in [2.75, 3.05) is 0 Å². The molecule has 2 aromatic heterocycles. The molecule has 0 radical (unpaired) electrons. The Morgan fingerprint density at radius 1 is 1.21 bits per heavy atom. The average Bonchev–Trinajstić information content (AvgIpc) is 3.31. The summed E-state index contributed by atoms with van der Waals surface area (Å²) in [5.74, 6) is -0.479. The molecule has 2 heterocycles. The van der Waals surface area contributed by atoms with Crippen LogP contribution in [0.1, 0.15) is 35.8 Å². The van der Waals surface area contributed by atoms with Crippen LogP contribution in [0.25, 0.3) is 11.4 Å². The Morgan fingerprint density at radius 3 is 2.57 bits per heavy atom. The van der Waals surface area contributed by atoms with Gasteiger partial charge < -0.3 is 4.98 Å². The summed E-state index contributed by atoms with van der Waals surface area (Å²) in [5.41, 5.74) is -0.612. The molecule has 0 saturated heterocycles. The van der Waals surface area contributed by atoms with Gasteiger partial charge in [-0.2, -0.15) is 13.2 Å². The minimum atomic E-state index is -4.61. The molecular weight excluding hydrogens is 378 g/mol. The van der Waals surface area contributed by atoms with Crippen molar-refractivity contribution >= 4 is 0 Å². The van der Waals surface area contributed by atoms with Gasteiger partial charge in [0, 0.05) is 11.6 Å². The van der Waals surface area contributed by atoms with E-state index in [0.29, 0.717) is 23.3 Å². The molecule has 3 aromatic rings. The molecule has 0 bridgehead atoms. The third-order valence-electron chi connectivity index (χ3n) is 4.63. The van der Waals surface area contributed by atoms with Crippen LogP contribution in [0.2, 0.25) is 0 Å². The van der Waals surface area contributed by atoms with Crippen LogP contribution in [0, 0.1) is 18.7 Å². The van der Waals surface area contributed by atoms with Gasteiger partial charge in [-0.25, -0.2) is 14.1 Å². The van der Waals surface area contributed by atoms with Gasteiger partial charge in [0.15, 0.2) is 0 Å². The highest BCUT2D eigenvalue weighted by atomic mass is 19.4. The Morgan fingerprint density at radius 2 is 1.96 bits per heavy atom. The zero-order valence-corrected chi connectivity index (χ0v) is 14.7. The maximum absolute atomic E-state index is 14.5. The Kier molecular flexibility index (Phi) is 4.28. The molecule has 1 N–H and O–H groups in total. The lowest BCUT2D eigenvalue weighted by Crippen LogP contribution is -2.16. The first-order valence-corrected chi connectivity index (χ1v) is 8.59. The first kappa shape index (κ1) is 18.3. The predicted molar refractivity (Wildman–Crippen MR) is 90.9 cm³/mol. The lowest BCUT2D eigenvalue weighted by Gasteiger charge is -2.18. The quantitative estimate of drug-likeness (QED) is 0.689. The fourth-order valence-corrected chi connectivity index (χ4v) is 3.21. The number of hydrogen-bond donors (Lipinski definition) is 1. The number of rotatable bonds is 4. The molecule has 0 spiro atoms. The Bertz CT molecular complexity index is 1080. The number of aromatic nitrogens is 5. The van der Waals surface area contributed by atoms with E-state index >= 15 is 0 Å². The van der Waals surface area contributed by atoms with E-state index in [2.05, 4.69) is 20.3 Å². The van der Waals surface area contributed by atoms with Crippen molar-refractivity contribution in [1.82, 2.24) is 25.0 Å². The molecule has 10 heteroatoms. The first-order valence-electron chi connectivity index (χ1n) is 8.59. The van der Waals surface area contributed by atoms with Crippen molar-refractivity contribution in [3.63, 3.8) is 0 Å². The van der Waals surface area contributed by atoms with Crippen LogP contribution in [0.3, 0.4) is 0 Å². The van der Waals surface area contributed by atoms with Crippen molar-refractivity contribution in [2.24, 2.45) is 5.92 Å². The molecule has 1 fully saturated rings. The largest absolute Gasteiger partial charge is 0.416 e. The maximum Gasteiger partial charge on any atom is 0.416 e. The number of H-pyrrole nitrogens is 1. The van der Waals surface area contributed by atoms with Gasteiger partial charge in [-0.3, -0.25) is 4.79 Å². The lowest BCUT2D eigenvalue weighted by molar-refractivity contribution is -0.137. The second kappa shape index (κ2) is 6.54. The second-order valence-electron chi connectivity index (χ2n) is 6.82. The summed E-state index contributed by atoms with van der Waals surface area (Å²) in [5, 5.41) is 8.03. The van der Waals surface area contributed by atoms with Gasteiger partial charge in [-0.1, -0.05) is 11.3 Å². The molecule has 6 nitrogen and oxygen atoms in total. The fraction of sp³-hybridized carbons (Fsp3) is 0.333. The molecule has 0 amide bonds. The van der Waals surface area contributed by atoms with E-state index < -0.39 is 23.6 Å². The highest BCUT2D eigenvalue weighted by Gasteiger charge is 2.38. The number of nitrogens with one attached hydrogen (secondary N) is 1. The zero-order valence-electron chi connectivity index (χ0n) is 14.7. The van der Waals surface area contributed by atoms with Crippen molar-refractivity contribution in [1.29, 1.82) is 0 Å². The molecule has 146 valence electrons. The number of nitrogens with zero attached hydrogens (tertiary/aromatic N) is 4. The van der Waals surface area contributed by atoms with E-state index in [-0.39, 0.29) is 17.0 Å². The van der Waals surface area contributed by atoms with Crippen LogP contribution in [-0.2, 0) is 6.18 Å². The highest BCUT2D eigenvalue weighted by molar-refractivity contribution is 5.51. The van der Waals surface area contributed by atoms with Crippen LogP contribution in [0.4, 0.5) is 17.6 Å². The van der Waals surface area contributed by atoms with Gasteiger partial charge in [-0.05, 0) is 37.8 Å². The van der Waals surface area contributed by atoms with Gasteiger partial charge in [0.2, 0.25) is 0 Å². The molecule has 0 aliphatic heterocycles. The molecule has 1 atom stereocenters. The van der Waals surface area contributed by atoms with E-state index in [1.165, 1.54) is 16.9 Å². The van der Waals surface area contributed by atoms with Gasteiger partial charge in [0.25, 0.3) is 5.56 Å². The number of aryl methyl sites for hydroxylation is 1. The molecule has 28 heavy (non-hydrogen) atoms. The van der Waals surface area contributed by atoms with Crippen LogP contribution < -0.4 is 5.56 Å². The minimum absolute atomic E-state index is 0.0506. The van der Waals surface area contributed by atoms with Gasteiger partial charge in [-0.15, -0.1) is 5.10 Å². The third-order valence-corrected chi connectivity index (χ3v) is 4.63. The molecule has 1 aliphatic carbocycles. The van der Waals surface area contributed by atoms with Crippen LogP contribution in [0.15, 0.2) is 35.3 Å².